The lowest BCUT2D eigenvalue weighted by atomic mass is 9.47. The van der Waals surface area contributed by atoms with E-state index in [4.69, 9.17) is 0 Å². The first-order chi connectivity index (χ1) is 11.0. The molecule has 4 aliphatic carbocycles. The van der Waals surface area contributed by atoms with Gasteiger partial charge in [0.2, 0.25) is 0 Å². The lowest BCUT2D eigenvalue weighted by Crippen LogP contribution is -2.50. The first kappa shape index (κ1) is 15.3. The monoisotopic (exact) mass is 308 g/mol. The van der Waals surface area contributed by atoms with E-state index in [0.717, 1.165) is 37.0 Å². The Morgan fingerprint density at radius 2 is 1.91 bits per heavy atom. The minimum atomic E-state index is 0.289. The molecule has 1 nitrogen and oxygen atoms in total. The smallest absolute Gasteiger partial charge is 0.155 e. The summed E-state index contributed by atoms with van der Waals surface area (Å²) in [5.41, 5.74) is 3.48. The molecule has 0 radical (unpaired) electrons. The molecule has 4 aliphatic rings. The van der Waals surface area contributed by atoms with Crippen molar-refractivity contribution in [3.8, 4) is 11.8 Å². The Balaban J connectivity index is 1.67. The number of allylic oxidation sites excluding steroid dienone is 4. The molecule has 2 saturated carbocycles. The van der Waals surface area contributed by atoms with Crippen LogP contribution < -0.4 is 0 Å². The molecule has 0 bridgehead atoms. The Morgan fingerprint density at radius 1 is 1.09 bits per heavy atom. The van der Waals surface area contributed by atoms with Gasteiger partial charge in [-0.2, -0.15) is 0 Å². The van der Waals surface area contributed by atoms with Gasteiger partial charge in [0.15, 0.2) is 5.78 Å². The normalized spacial score (nSPS) is 45.0. The van der Waals surface area contributed by atoms with E-state index in [-0.39, 0.29) is 5.41 Å². The van der Waals surface area contributed by atoms with Crippen molar-refractivity contribution < 1.29 is 4.79 Å². The largest absolute Gasteiger partial charge is 0.295 e. The van der Waals surface area contributed by atoms with Crippen molar-refractivity contribution in [1.82, 2.24) is 0 Å². The van der Waals surface area contributed by atoms with Crippen molar-refractivity contribution in [2.45, 2.75) is 65.7 Å². The summed E-state index contributed by atoms with van der Waals surface area (Å²) in [6, 6.07) is 0. The zero-order chi connectivity index (χ0) is 16.2. The maximum Gasteiger partial charge on any atom is 0.155 e. The third kappa shape index (κ3) is 2.03. The molecule has 1 heteroatoms. The summed E-state index contributed by atoms with van der Waals surface area (Å²) < 4.78 is 0. The highest BCUT2D eigenvalue weighted by atomic mass is 16.1. The third-order valence-electron chi connectivity index (χ3n) is 7.80. The van der Waals surface area contributed by atoms with Crippen molar-refractivity contribution in [2.75, 3.05) is 0 Å². The molecule has 2 fully saturated rings. The molecule has 0 heterocycles. The molecule has 0 spiro atoms. The van der Waals surface area contributed by atoms with Crippen LogP contribution in [0.4, 0.5) is 0 Å². The van der Waals surface area contributed by atoms with E-state index >= 15 is 0 Å². The average molecular weight is 308 g/mol. The molecular formula is C22H28O. The van der Waals surface area contributed by atoms with Gasteiger partial charge in [-0.3, -0.25) is 4.79 Å². The predicted molar refractivity (Wildman–Crippen MR) is 93.6 cm³/mol. The minimum Gasteiger partial charge on any atom is -0.295 e. The quantitative estimate of drug-likeness (QED) is 0.570. The van der Waals surface area contributed by atoms with E-state index in [1.165, 1.54) is 36.8 Å². The zero-order valence-corrected chi connectivity index (χ0v) is 14.7. The molecule has 0 aromatic rings. The summed E-state index contributed by atoms with van der Waals surface area (Å²) in [5.74, 6) is 9.26. The lowest BCUT2D eigenvalue weighted by Gasteiger charge is -2.57. The van der Waals surface area contributed by atoms with Gasteiger partial charge in [-0.05, 0) is 74.7 Å². The van der Waals surface area contributed by atoms with Crippen LogP contribution in [0.2, 0.25) is 0 Å². The zero-order valence-electron chi connectivity index (χ0n) is 14.7. The van der Waals surface area contributed by atoms with Crippen molar-refractivity contribution in [3.63, 3.8) is 0 Å². The summed E-state index contributed by atoms with van der Waals surface area (Å²) in [6.45, 7) is 6.88. The van der Waals surface area contributed by atoms with Crippen LogP contribution >= 0.6 is 0 Å². The van der Waals surface area contributed by atoms with E-state index < -0.39 is 0 Å². The van der Waals surface area contributed by atoms with Gasteiger partial charge in [0, 0.05) is 17.4 Å². The van der Waals surface area contributed by atoms with Crippen molar-refractivity contribution in [2.24, 2.45) is 28.6 Å². The van der Waals surface area contributed by atoms with Crippen LogP contribution in [0.5, 0.6) is 0 Å². The topological polar surface area (TPSA) is 17.1 Å². The van der Waals surface area contributed by atoms with Gasteiger partial charge in [0.25, 0.3) is 0 Å². The molecule has 0 saturated heterocycles. The summed E-state index contributed by atoms with van der Waals surface area (Å²) in [5, 5.41) is 0. The van der Waals surface area contributed by atoms with E-state index in [0.29, 0.717) is 11.2 Å². The van der Waals surface area contributed by atoms with Gasteiger partial charge >= 0.3 is 0 Å². The molecule has 122 valence electrons. The Bertz CT molecular complexity index is 670. The number of carbonyl (C=O) groups excluding carboxylic acids is 1. The van der Waals surface area contributed by atoms with Crippen molar-refractivity contribution in [3.05, 3.63) is 23.3 Å². The standard InChI is InChI=1S/C22H28O/c1-4-5-15-7-9-19-18-8-6-16-14-17(23)10-12-22(16,3)20(18)11-13-21(15,19)2/h7,14,18-20H,6,8-13H2,1-3H3. The maximum absolute atomic E-state index is 11.9. The van der Waals surface area contributed by atoms with Crippen LogP contribution in [0.25, 0.3) is 0 Å². The summed E-state index contributed by atoms with van der Waals surface area (Å²) in [6.07, 6.45) is 12.5. The second kappa shape index (κ2) is 5.10. The Kier molecular flexibility index (Phi) is 3.38. The summed E-state index contributed by atoms with van der Waals surface area (Å²) in [7, 11) is 0. The molecule has 4 rings (SSSR count). The van der Waals surface area contributed by atoms with E-state index in [9.17, 15) is 4.79 Å². The second-order valence-electron chi connectivity index (χ2n) is 8.65. The van der Waals surface area contributed by atoms with E-state index in [1.807, 2.05) is 13.0 Å². The fourth-order valence-electron chi connectivity index (χ4n) is 6.46. The van der Waals surface area contributed by atoms with Gasteiger partial charge in [-0.1, -0.05) is 31.4 Å². The van der Waals surface area contributed by atoms with Gasteiger partial charge in [0.05, 0.1) is 0 Å². The first-order valence-electron chi connectivity index (χ1n) is 9.36. The third-order valence-corrected chi connectivity index (χ3v) is 7.80. The van der Waals surface area contributed by atoms with Crippen LogP contribution in [0.1, 0.15) is 65.7 Å². The molecule has 0 N–H and O–H groups in total. The van der Waals surface area contributed by atoms with E-state index in [2.05, 4.69) is 31.8 Å². The van der Waals surface area contributed by atoms with Crippen LogP contribution in [0.15, 0.2) is 23.3 Å². The van der Waals surface area contributed by atoms with Crippen molar-refractivity contribution >= 4 is 5.78 Å². The highest BCUT2D eigenvalue weighted by Crippen LogP contribution is 2.65. The molecular weight excluding hydrogens is 280 g/mol. The Labute approximate surface area is 140 Å². The average Bonchev–Trinajstić information content (AvgIpc) is 2.85. The van der Waals surface area contributed by atoms with Gasteiger partial charge < -0.3 is 0 Å². The maximum atomic E-state index is 11.9. The SMILES string of the molecule is CC#CC1=CCC2C3CCC4=CC(=O)CCC4(C)C3CCC12C. The number of hydrogen-bond acceptors (Lipinski definition) is 1. The van der Waals surface area contributed by atoms with Crippen LogP contribution in [-0.2, 0) is 4.79 Å². The van der Waals surface area contributed by atoms with Gasteiger partial charge in [-0.25, -0.2) is 0 Å². The highest BCUT2D eigenvalue weighted by molar-refractivity contribution is 5.91. The van der Waals surface area contributed by atoms with Crippen LogP contribution in [-0.4, -0.2) is 5.78 Å². The Morgan fingerprint density at radius 3 is 2.70 bits per heavy atom. The molecule has 0 aliphatic heterocycles. The van der Waals surface area contributed by atoms with Crippen LogP contribution in [0, 0.1) is 40.4 Å². The number of hydrogen-bond donors (Lipinski definition) is 0. The molecule has 0 aromatic carbocycles. The second-order valence-corrected chi connectivity index (χ2v) is 8.65. The molecule has 5 unspecified atom stereocenters. The number of carbonyl (C=O) groups is 1. The molecule has 0 amide bonds. The molecule has 23 heavy (non-hydrogen) atoms. The lowest BCUT2D eigenvalue weighted by molar-refractivity contribution is -0.117. The fraction of sp³-hybridized carbons (Fsp3) is 0.682. The summed E-state index contributed by atoms with van der Waals surface area (Å²) in [4.78, 5) is 11.9. The summed E-state index contributed by atoms with van der Waals surface area (Å²) >= 11 is 0. The molecule has 5 atom stereocenters. The molecule has 0 aromatic heterocycles. The van der Waals surface area contributed by atoms with Gasteiger partial charge in [-0.15, -0.1) is 5.92 Å². The first-order valence-corrected chi connectivity index (χ1v) is 9.36. The number of rotatable bonds is 0. The fourth-order valence-corrected chi connectivity index (χ4v) is 6.46. The predicted octanol–water partition coefficient (Wildman–Crippen LogP) is 5.08. The Hall–Kier alpha value is -1.29. The number of ketones is 1. The van der Waals surface area contributed by atoms with E-state index in [1.54, 1.807) is 0 Å². The minimum absolute atomic E-state index is 0.289. The highest BCUT2D eigenvalue weighted by Gasteiger charge is 2.56. The van der Waals surface area contributed by atoms with Crippen molar-refractivity contribution in [1.29, 1.82) is 0 Å². The van der Waals surface area contributed by atoms with Gasteiger partial charge in [0.1, 0.15) is 0 Å². The number of fused-ring (bicyclic) bond motifs is 5. The van der Waals surface area contributed by atoms with Crippen LogP contribution in [0.3, 0.4) is 0 Å².